The van der Waals surface area contributed by atoms with E-state index in [0.29, 0.717) is 6.42 Å². The third-order valence-electron chi connectivity index (χ3n) is 4.34. The zero-order chi connectivity index (χ0) is 15.4. The lowest BCUT2D eigenvalue weighted by Crippen LogP contribution is -2.45. The molecule has 0 aromatic rings. The van der Waals surface area contributed by atoms with Crippen molar-refractivity contribution in [1.29, 1.82) is 0 Å². The van der Waals surface area contributed by atoms with Crippen molar-refractivity contribution in [3.8, 4) is 0 Å². The monoisotopic (exact) mass is 295 g/mol. The second kappa shape index (κ2) is 11.0. The molecule has 0 radical (unpaired) electrons. The Labute approximate surface area is 131 Å². The van der Waals surface area contributed by atoms with Gasteiger partial charge in [-0.25, -0.2) is 4.39 Å². The highest BCUT2D eigenvalue weighted by atomic mass is 19.1. The Morgan fingerprint density at radius 2 is 1.48 bits per heavy atom. The van der Waals surface area contributed by atoms with Crippen molar-refractivity contribution in [2.24, 2.45) is 0 Å². The molecule has 0 N–H and O–H groups in total. The number of rotatable bonds is 12. The number of hydrogen-bond acceptors (Lipinski definition) is 1. The molecule has 2 heteroatoms. The van der Waals surface area contributed by atoms with Crippen LogP contribution in [-0.2, 0) is 0 Å². The van der Waals surface area contributed by atoms with E-state index >= 15 is 4.39 Å². The summed E-state index contributed by atoms with van der Waals surface area (Å²) in [5.41, 5.74) is 0. The van der Waals surface area contributed by atoms with Gasteiger partial charge in [-0.2, -0.15) is 0 Å². The average Bonchev–Trinajstić information content (AvgIpc) is 2.50. The molecule has 1 rings (SSSR count). The molecule has 1 aliphatic carbocycles. The number of nitrogens with zero attached hydrogens (tertiary/aromatic N) is 1. The van der Waals surface area contributed by atoms with E-state index in [0.717, 1.165) is 32.4 Å². The first-order chi connectivity index (χ1) is 10.2. The van der Waals surface area contributed by atoms with Crippen LogP contribution in [-0.4, -0.2) is 23.8 Å². The minimum atomic E-state index is -1.24. The fraction of sp³-hybridized carbons (Fsp3) is 0.789. The quantitative estimate of drug-likeness (QED) is 0.314. The Kier molecular flexibility index (Phi) is 9.65. The molecule has 0 fully saturated rings. The van der Waals surface area contributed by atoms with Crippen LogP contribution in [0.1, 0.15) is 78.1 Å². The van der Waals surface area contributed by atoms with Gasteiger partial charge in [0.25, 0.3) is 0 Å². The van der Waals surface area contributed by atoms with E-state index < -0.39 is 5.79 Å². The Morgan fingerprint density at radius 1 is 0.857 bits per heavy atom. The van der Waals surface area contributed by atoms with Crippen LogP contribution >= 0.6 is 0 Å². The number of hydrogen-bond donors (Lipinski definition) is 0. The zero-order valence-corrected chi connectivity index (χ0v) is 14.1. The Balaban J connectivity index is 2.30. The van der Waals surface area contributed by atoms with Crippen LogP contribution in [0.3, 0.4) is 0 Å². The minimum absolute atomic E-state index is 0.504. The lowest BCUT2D eigenvalue weighted by molar-refractivity contribution is 0.00764. The first-order valence-electron chi connectivity index (χ1n) is 9.01. The molecule has 1 aliphatic rings. The first kappa shape index (κ1) is 18.4. The maximum Gasteiger partial charge on any atom is 0.186 e. The lowest BCUT2D eigenvalue weighted by Gasteiger charge is -2.36. The van der Waals surface area contributed by atoms with Crippen molar-refractivity contribution in [2.75, 3.05) is 13.1 Å². The molecule has 1 atom stereocenters. The molecule has 0 aromatic carbocycles. The molecule has 0 saturated carbocycles. The normalized spacial score (nSPS) is 21.3. The number of unbranched alkanes of at least 4 members (excludes halogenated alkanes) is 7. The van der Waals surface area contributed by atoms with Crippen molar-refractivity contribution in [2.45, 2.75) is 83.8 Å². The summed E-state index contributed by atoms with van der Waals surface area (Å²) in [6.45, 7) is 6.19. The molecule has 0 heterocycles. The third kappa shape index (κ3) is 7.26. The highest BCUT2D eigenvalue weighted by Gasteiger charge is 2.33. The van der Waals surface area contributed by atoms with E-state index in [1.165, 1.54) is 38.5 Å². The van der Waals surface area contributed by atoms with Crippen molar-refractivity contribution in [3.05, 3.63) is 24.3 Å². The molecular formula is C19H34FN. The molecule has 0 aromatic heterocycles. The molecule has 0 amide bonds. The summed E-state index contributed by atoms with van der Waals surface area (Å²) in [5.74, 6) is -1.24. The van der Waals surface area contributed by atoms with Crippen LogP contribution < -0.4 is 0 Å². The first-order valence-corrected chi connectivity index (χ1v) is 9.01. The maximum atomic E-state index is 15.0. The second-order valence-corrected chi connectivity index (χ2v) is 6.27. The van der Waals surface area contributed by atoms with Crippen LogP contribution in [0.4, 0.5) is 4.39 Å². The standard InChI is InChI=1S/C19H34FN/c1-3-5-7-8-9-10-14-18-21(17-6-4-2)19(20)15-12-11-13-16-19/h11-13,15H,3-10,14,16-18H2,1-2H3. The van der Waals surface area contributed by atoms with Crippen molar-refractivity contribution < 1.29 is 4.39 Å². The van der Waals surface area contributed by atoms with Crippen LogP contribution in [0.25, 0.3) is 0 Å². The van der Waals surface area contributed by atoms with Gasteiger partial charge in [0.15, 0.2) is 5.79 Å². The van der Waals surface area contributed by atoms with Crippen molar-refractivity contribution in [3.63, 3.8) is 0 Å². The topological polar surface area (TPSA) is 3.24 Å². The highest BCUT2D eigenvalue weighted by molar-refractivity contribution is 5.17. The zero-order valence-electron chi connectivity index (χ0n) is 14.1. The van der Waals surface area contributed by atoms with Crippen LogP contribution in [0.2, 0.25) is 0 Å². The molecule has 0 aliphatic heterocycles. The van der Waals surface area contributed by atoms with Crippen LogP contribution in [0.5, 0.6) is 0 Å². The summed E-state index contributed by atoms with van der Waals surface area (Å²) in [6.07, 6.45) is 19.2. The van der Waals surface area contributed by atoms with Gasteiger partial charge in [0.05, 0.1) is 0 Å². The Bertz CT molecular complexity index is 311. The minimum Gasteiger partial charge on any atom is -0.268 e. The summed E-state index contributed by atoms with van der Waals surface area (Å²) in [6, 6.07) is 0. The van der Waals surface area contributed by atoms with Gasteiger partial charge in [0.2, 0.25) is 0 Å². The fourth-order valence-corrected chi connectivity index (χ4v) is 2.91. The fourth-order valence-electron chi connectivity index (χ4n) is 2.91. The smallest absolute Gasteiger partial charge is 0.186 e. The summed E-state index contributed by atoms with van der Waals surface area (Å²) < 4.78 is 15.0. The van der Waals surface area contributed by atoms with E-state index in [2.05, 4.69) is 18.7 Å². The van der Waals surface area contributed by atoms with Gasteiger partial charge >= 0.3 is 0 Å². The van der Waals surface area contributed by atoms with Gasteiger partial charge in [-0.15, -0.1) is 0 Å². The highest BCUT2D eigenvalue weighted by Crippen LogP contribution is 2.28. The van der Waals surface area contributed by atoms with Crippen LogP contribution in [0, 0.1) is 0 Å². The number of halogens is 1. The molecule has 1 unspecified atom stereocenters. The number of allylic oxidation sites excluding steroid dienone is 2. The van der Waals surface area contributed by atoms with Crippen molar-refractivity contribution >= 4 is 0 Å². The van der Waals surface area contributed by atoms with E-state index in [1.807, 2.05) is 18.2 Å². The summed E-state index contributed by atoms with van der Waals surface area (Å²) in [7, 11) is 0. The Hall–Kier alpha value is -0.630. The summed E-state index contributed by atoms with van der Waals surface area (Å²) in [5, 5.41) is 0. The molecule has 0 spiro atoms. The Morgan fingerprint density at radius 3 is 2.10 bits per heavy atom. The van der Waals surface area contributed by atoms with Gasteiger partial charge in [-0.05, 0) is 18.9 Å². The van der Waals surface area contributed by atoms with E-state index in [4.69, 9.17) is 0 Å². The van der Waals surface area contributed by atoms with Gasteiger partial charge < -0.3 is 0 Å². The molecule has 1 nitrogen and oxygen atoms in total. The van der Waals surface area contributed by atoms with Crippen LogP contribution in [0.15, 0.2) is 24.3 Å². The average molecular weight is 295 g/mol. The van der Waals surface area contributed by atoms with Gasteiger partial charge in [-0.3, -0.25) is 4.90 Å². The predicted molar refractivity (Wildman–Crippen MR) is 91.2 cm³/mol. The third-order valence-corrected chi connectivity index (χ3v) is 4.34. The van der Waals surface area contributed by atoms with E-state index in [-0.39, 0.29) is 0 Å². The van der Waals surface area contributed by atoms with E-state index in [9.17, 15) is 0 Å². The molecular weight excluding hydrogens is 261 g/mol. The lowest BCUT2D eigenvalue weighted by atomic mass is 10.0. The second-order valence-electron chi connectivity index (χ2n) is 6.27. The molecule has 0 bridgehead atoms. The van der Waals surface area contributed by atoms with E-state index in [1.54, 1.807) is 6.08 Å². The predicted octanol–water partition coefficient (Wildman–Crippen LogP) is 6.02. The van der Waals surface area contributed by atoms with Gasteiger partial charge in [0, 0.05) is 19.5 Å². The molecule has 0 saturated heterocycles. The summed E-state index contributed by atoms with van der Waals surface area (Å²) >= 11 is 0. The van der Waals surface area contributed by atoms with Gasteiger partial charge in [-0.1, -0.05) is 77.0 Å². The SMILES string of the molecule is CCCCCCCCCN(CCCC)C1(F)C=CC=CC1. The molecule has 21 heavy (non-hydrogen) atoms. The summed E-state index contributed by atoms with van der Waals surface area (Å²) in [4.78, 5) is 2.06. The molecule has 122 valence electrons. The maximum absolute atomic E-state index is 15.0. The van der Waals surface area contributed by atoms with Gasteiger partial charge in [0.1, 0.15) is 0 Å². The largest absolute Gasteiger partial charge is 0.268 e. The number of alkyl halides is 1. The van der Waals surface area contributed by atoms with Crippen molar-refractivity contribution in [1.82, 2.24) is 4.90 Å².